The molecule has 0 saturated carbocycles. The number of halogens is 2. The average molecular weight is 327 g/mol. The predicted molar refractivity (Wildman–Crippen MR) is 78.3 cm³/mol. The molecule has 0 spiro atoms. The van der Waals surface area contributed by atoms with Crippen LogP contribution in [0.5, 0.6) is 0 Å². The van der Waals surface area contributed by atoms with Crippen molar-refractivity contribution in [1.82, 2.24) is 0 Å². The molecule has 0 aliphatic carbocycles. The molecule has 7 heteroatoms. The Morgan fingerprint density at radius 1 is 1.29 bits per heavy atom. The lowest BCUT2D eigenvalue weighted by atomic mass is 10.2. The molecule has 2 aromatic carbocycles. The summed E-state index contributed by atoms with van der Waals surface area (Å²) in [5, 5.41) is -0.194. The van der Waals surface area contributed by atoms with Crippen LogP contribution in [-0.2, 0) is 10.0 Å². The minimum absolute atomic E-state index is 0.144. The lowest BCUT2D eigenvalue weighted by molar-refractivity contribution is 0.101. The first-order chi connectivity index (χ1) is 9.80. The minimum atomic E-state index is -3.94. The number of hydrogen-bond donors (Lipinski definition) is 0. The van der Waals surface area contributed by atoms with Gasteiger partial charge in [0.2, 0.25) is 10.0 Å². The van der Waals surface area contributed by atoms with Gasteiger partial charge in [-0.15, -0.1) is 0 Å². The van der Waals surface area contributed by atoms with Gasteiger partial charge in [-0.2, -0.15) is 0 Å². The second kappa shape index (κ2) is 5.83. The first-order valence-electron chi connectivity index (χ1n) is 5.77. The SMILES string of the molecule is CS(=O)(=O)N(C(=O)c1ccccc1)c1c[c]c(F)cc1Cl. The predicted octanol–water partition coefficient (Wildman–Crippen LogP) is 2.89. The van der Waals surface area contributed by atoms with Crippen molar-refractivity contribution >= 4 is 33.2 Å². The number of nitrogens with zero attached hydrogens (tertiary/aromatic N) is 1. The first-order valence-corrected chi connectivity index (χ1v) is 8.00. The Bertz CT molecular complexity index is 778. The van der Waals surface area contributed by atoms with Gasteiger partial charge in [-0.25, -0.2) is 17.1 Å². The third-order valence-corrected chi connectivity index (χ3v) is 3.93. The fourth-order valence-corrected chi connectivity index (χ4v) is 2.93. The summed E-state index contributed by atoms with van der Waals surface area (Å²) in [5.74, 6) is -1.52. The van der Waals surface area contributed by atoms with Crippen LogP contribution < -0.4 is 4.31 Å². The number of benzene rings is 2. The van der Waals surface area contributed by atoms with E-state index in [0.717, 1.165) is 18.4 Å². The molecule has 2 aromatic rings. The lowest BCUT2D eigenvalue weighted by Gasteiger charge is -2.21. The second-order valence-electron chi connectivity index (χ2n) is 4.21. The summed E-state index contributed by atoms with van der Waals surface area (Å²) in [6.45, 7) is 0. The van der Waals surface area contributed by atoms with Crippen molar-refractivity contribution in [3.8, 4) is 0 Å². The Labute approximate surface area is 126 Å². The normalized spacial score (nSPS) is 11.2. The van der Waals surface area contributed by atoms with Crippen molar-refractivity contribution in [2.24, 2.45) is 0 Å². The molecular weight excluding hydrogens is 317 g/mol. The molecule has 0 unspecified atom stereocenters. The van der Waals surface area contributed by atoms with Crippen LogP contribution >= 0.6 is 11.6 Å². The van der Waals surface area contributed by atoms with Gasteiger partial charge in [0, 0.05) is 11.6 Å². The molecule has 1 amide bonds. The third-order valence-electron chi connectivity index (χ3n) is 2.60. The van der Waals surface area contributed by atoms with Crippen molar-refractivity contribution in [3.05, 3.63) is 64.9 Å². The summed E-state index contributed by atoms with van der Waals surface area (Å²) in [7, 11) is -3.94. The van der Waals surface area contributed by atoms with E-state index in [1.54, 1.807) is 18.2 Å². The van der Waals surface area contributed by atoms with E-state index in [2.05, 4.69) is 6.07 Å². The summed E-state index contributed by atoms with van der Waals surface area (Å²) in [4.78, 5) is 12.4. The molecule has 109 valence electrons. The second-order valence-corrected chi connectivity index (χ2v) is 6.45. The zero-order chi connectivity index (χ0) is 15.6. The molecule has 21 heavy (non-hydrogen) atoms. The number of hydrogen-bond acceptors (Lipinski definition) is 3. The Kier molecular flexibility index (Phi) is 4.29. The molecule has 2 rings (SSSR count). The fraction of sp³-hybridized carbons (Fsp3) is 0.0714. The standard InChI is InChI=1S/C14H10ClFNO3S/c1-21(19,20)17(13-8-7-11(16)9-12(13)15)14(18)10-5-3-2-4-6-10/h2-6,8-9H,1H3. The number of carbonyl (C=O) groups is 1. The Hall–Kier alpha value is -1.92. The summed E-state index contributed by atoms with van der Waals surface area (Å²) in [6.07, 6.45) is 0.869. The molecule has 0 N–H and O–H groups in total. The van der Waals surface area contributed by atoms with Crippen molar-refractivity contribution < 1.29 is 17.6 Å². The van der Waals surface area contributed by atoms with E-state index in [0.29, 0.717) is 4.31 Å². The van der Waals surface area contributed by atoms with E-state index in [9.17, 15) is 17.6 Å². The van der Waals surface area contributed by atoms with Crippen LogP contribution in [0.25, 0.3) is 0 Å². The number of rotatable bonds is 3. The molecular formula is C14H10ClFNO3S. The van der Waals surface area contributed by atoms with Crippen LogP contribution in [-0.4, -0.2) is 20.6 Å². The Morgan fingerprint density at radius 3 is 2.43 bits per heavy atom. The van der Waals surface area contributed by atoms with Gasteiger partial charge >= 0.3 is 0 Å². The molecule has 1 radical (unpaired) electrons. The van der Waals surface area contributed by atoms with Crippen molar-refractivity contribution in [1.29, 1.82) is 0 Å². The van der Waals surface area contributed by atoms with Crippen molar-refractivity contribution in [2.45, 2.75) is 0 Å². The van der Waals surface area contributed by atoms with Gasteiger partial charge in [-0.05, 0) is 24.3 Å². The summed E-state index contributed by atoms with van der Waals surface area (Å²) >= 11 is 5.84. The monoisotopic (exact) mass is 326 g/mol. The maximum absolute atomic E-state index is 13.0. The molecule has 0 aliphatic heterocycles. The fourth-order valence-electron chi connectivity index (χ4n) is 1.73. The average Bonchev–Trinajstić information content (AvgIpc) is 2.41. The smallest absolute Gasteiger partial charge is 0.268 e. The quantitative estimate of drug-likeness (QED) is 0.871. The largest absolute Gasteiger partial charge is 0.272 e. The van der Waals surface area contributed by atoms with Gasteiger partial charge in [-0.1, -0.05) is 29.8 Å². The summed E-state index contributed by atoms with van der Waals surface area (Å²) < 4.78 is 37.4. The van der Waals surface area contributed by atoms with E-state index < -0.39 is 21.7 Å². The van der Waals surface area contributed by atoms with E-state index in [4.69, 9.17) is 11.6 Å². The number of anilines is 1. The van der Waals surface area contributed by atoms with Gasteiger partial charge in [0.1, 0.15) is 5.82 Å². The first kappa shape index (κ1) is 15.5. The van der Waals surface area contributed by atoms with Crippen LogP contribution in [0.3, 0.4) is 0 Å². The Balaban J connectivity index is 2.58. The highest BCUT2D eigenvalue weighted by atomic mass is 35.5. The van der Waals surface area contributed by atoms with Crippen LogP contribution in [0.15, 0.2) is 42.5 Å². The van der Waals surface area contributed by atoms with Gasteiger partial charge in [-0.3, -0.25) is 4.79 Å². The number of amides is 1. The van der Waals surface area contributed by atoms with Crippen LogP contribution in [0, 0.1) is 11.9 Å². The molecule has 0 saturated heterocycles. The van der Waals surface area contributed by atoms with E-state index in [1.165, 1.54) is 12.1 Å². The molecule has 0 aliphatic rings. The highest BCUT2D eigenvalue weighted by molar-refractivity contribution is 7.92. The van der Waals surface area contributed by atoms with E-state index in [1.807, 2.05) is 0 Å². The molecule has 0 bridgehead atoms. The van der Waals surface area contributed by atoms with Crippen LogP contribution in [0.2, 0.25) is 5.02 Å². The van der Waals surface area contributed by atoms with Gasteiger partial charge in [0.05, 0.1) is 17.0 Å². The molecule has 4 nitrogen and oxygen atoms in total. The maximum atomic E-state index is 13.0. The third kappa shape index (κ3) is 3.40. The van der Waals surface area contributed by atoms with Crippen LogP contribution in [0.1, 0.15) is 10.4 Å². The molecule has 0 atom stereocenters. The van der Waals surface area contributed by atoms with Crippen LogP contribution in [0.4, 0.5) is 10.1 Å². The van der Waals surface area contributed by atoms with Crippen molar-refractivity contribution in [2.75, 3.05) is 10.6 Å². The van der Waals surface area contributed by atoms with Gasteiger partial charge in [0.25, 0.3) is 5.91 Å². The number of sulfonamides is 1. The van der Waals surface area contributed by atoms with E-state index >= 15 is 0 Å². The Morgan fingerprint density at radius 2 is 1.90 bits per heavy atom. The molecule has 0 aromatic heterocycles. The highest BCUT2D eigenvalue weighted by Gasteiger charge is 2.28. The zero-order valence-corrected chi connectivity index (χ0v) is 12.5. The minimum Gasteiger partial charge on any atom is -0.268 e. The number of carbonyl (C=O) groups excluding carboxylic acids is 1. The van der Waals surface area contributed by atoms with Crippen molar-refractivity contribution in [3.63, 3.8) is 0 Å². The highest BCUT2D eigenvalue weighted by Crippen LogP contribution is 2.29. The topological polar surface area (TPSA) is 54.5 Å². The van der Waals surface area contributed by atoms with Gasteiger partial charge < -0.3 is 0 Å². The van der Waals surface area contributed by atoms with Gasteiger partial charge in [0.15, 0.2) is 0 Å². The van der Waals surface area contributed by atoms with E-state index in [-0.39, 0.29) is 16.3 Å². The maximum Gasteiger partial charge on any atom is 0.272 e. The zero-order valence-electron chi connectivity index (χ0n) is 10.9. The summed E-state index contributed by atoms with van der Waals surface area (Å²) in [5.41, 5.74) is 0.0257. The molecule has 0 heterocycles. The summed E-state index contributed by atoms with van der Waals surface area (Å²) in [6, 6.07) is 12.0. The lowest BCUT2D eigenvalue weighted by Crippen LogP contribution is -2.36. The molecule has 0 fully saturated rings.